The van der Waals surface area contributed by atoms with Gasteiger partial charge in [-0.3, -0.25) is 0 Å². The molecule has 1 fully saturated rings. The number of esters is 2. The molecule has 0 saturated heterocycles. The van der Waals surface area contributed by atoms with E-state index in [0.717, 1.165) is 36.8 Å². The number of benzene rings is 1. The molecule has 0 radical (unpaired) electrons. The van der Waals surface area contributed by atoms with E-state index in [1.165, 1.54) is 14.2 Å². The minimum absolute atomic E-state index is 0.0746. The monoisotopic (exact) mass is 314 g/mol. The lowest BCUT2D eigenvalue weighted by Crippen LogP contribution is -2.19. The first kappa shape index (κ1) is 17.0. The van der Waals surface area contributed by atoms with Gasteiger partial charge in [0.2, 0.25) is 0 Å². The molecule has 0 aliphatic heterocycles. The number of hydrogen-bond acceptors (Lipinski definition) is 4. The van der Waals surface area contributed by atoms with Crippen LogP contribution in [0.2, 0.25) is 0 Å². The maximum atomic E-state index is 11.9. The van der Waals surface area contributed by atoms with Crippen LogP contribution in [0.15, 0.2) is 47.6 Å². The highest BCUT2D eigenvalue weighted by Crippen LogP contribution is 2.36. The average Bonchev–Trinajstić information content (AvgIpc) is 3.03. The van der Waals surface area contributed by atoms with Gasteiger partial charge in [-0.25, -0.2) is 9.59 Å². The van der Waals surface area contributed by atoms with E-state index in [0.29, 0.717) is 0 Å². The molecule has 23 heavy (non-hydrogen) atoms. The van der Waals surface area contributed by atoms with Crippen molar-refractivity contribution in [3.8, 4) is 0 Å². The molecular weight excluding hydrogens is 292 g/mol. The number of methoxy groups -OCH3 is 2. The lowest BCUT2D eigenvalue weighted by atomic mass is 9.93. The van der Waals surface area contributed by atoms with E-state index >= 15 is 0 Å². The highest BCUT2D eigenvalue weighted by Gasteiger charge is 2.31. The zero-order valence-corrected chi connectivity index (χ0v) is 13.6. The molecule has 4 heteroatoms. The molecule has 0 amide bonds. The molecule has 0 bridgehead atoms. The maximum absolute atomic E-state index is 11.9. The Balaban J connectivity index is 2.17. The van der Waals surface area contributed by atoms with Crippen molar-refractivity contribution >= 4 is 18.0 Å². The molecule has 122 valence electrons. The Kier molecular flexibility index (Phi) is 6.15. The molecule has 1 unspecified atom stereocenters. The van der Waals surface area contributed by atoms with Crippen molar-refractivity contribution in [2.45, 2.75) is 25.7 Å². The Hall–Kier alpha value is -2.36. The van der Waals surface area contributed by atoms with Crippen molar-refractivity contribution in [2.75, 3.05) is 14.2 Å². The largest absolute Gasteiger partial charge is 0.465 e. The number of rotatable bonds is 5. The summed E-state index contributed by atoms with van der Waals surface area (Å²) in [6.07, 6.45) is 7.62. The van der Waals surface area contributed by atoms with Crippen LogP contribution in [-0.4, -0.2) is 26.2 Å². The van der Waals surface area contributed by atoms with Crippen LogP contribution in [0.3, 0.4) is 0 Å². The third kappa shape index (κ3) is 4.31. The zero-order valence-electron chi connectivity index (χ0n) is 13.6. The van der Waals surface area contributed by atoms with Gasteiger partial charge in [0.15, 0.2) is 0 Å². The first-order chi connectivity index (χ1) is 11.2. The Bertz CT molecular complexity index is 596. The van der Waals surface area contributed by atoms with Crippen molar-refractivity contribution in [1.29, 1.82) is 0 Å². The zero-order chi connectivity index (χ0) is 16.7. The summed E-state index contributed by atoms with van der Waals surface area (Å²) in [5.41, 5.74) is 2.07. The van der Waals surface area contributed by atoms with Crippen molar-refractivity contribution in [1.82, 2.24) is 0 Å². The number of allylic oxidation sites excluding steroid dienone is 2. The first-order valence-corrected chi connectivity index (χ1v) is 7.78. The minimum atomic E-state index is -0.606. The van der Waals surface area contributed by atoms with Gasteiger partial charge in [-0.05, 0) is 42.7 Å². The quantitative estimate of drug-likeness (QED) is 0.361. The Morgan fingerprint density at radius 3 is 2.39 bits per heavy atom. The second-order valence-corrected chi connectivity index (χ2v) is 5.52. The van der Waals surface area contributed by atoms with E-state index in [9.17, 15) is 9.59 Å². The second kappa shape index (κ2) is 8.32. The predicted octanol–water partition coefficient (Wildman–Crippen LogP) is 3.53. The van der Waals surface area contributed by atoms with Crippen LogP contribution < -0.4 is 0 Å². The predicted molar refractivity (Wildman–Crippen MR) is 88.5 cm³/mol. The minimum Gasteiger partial charge on any atom is -0.465 e. The van der Waals surface area contributed by atoms with Crippen molar-refractivity contribution in [3.05, 3.63) is 53.1 Å². The third-order valence-electron chi connectivity index (χ3n) is 4.12. The van der Waals surface area contributed by atoms with Crippen LogP contribution in [0.4, 0.5) is 0 Å². The average molecular weight is 314 g/mol. The molecule has 1 atom stereocenters. The van der Waals surface area contributed by atoms with Crippen LogP contribution in [0.1, 0.15) is 31.2 Å². The highest BCUT2D eigenvalue weighted by atomic mass is 16.5. The summed E-state index contributed by atoms with van der Waals surface area (Å²) in [7, 11) is 2.57. The second-order valence-electron chi connectivity index (χ2n) is 5.52. The van der Waals surface area contributed by atoms with Gasteiger partial charge in [0.05, 0.1) is 14.2 Å². The molecule has 4 nitrogen and oxygen atoms in total. The number of hydrogen-bond donors (Lipinski definition) is 0. The Morgan fingerprint density at radius 1 is 1.13 bits per heavy atom. The van der Waals surface area contributed by atoms with Crippen LogP contribution >= 0.6 is 0 Å². The molecule has 1 aliphatic rings. The van der Waals surface area contributed by atoms with Gasteiger partial charge in [-0.2, -0.15) is 0 Å². The molecule has 0 N–H and O–H groups in total. The topological polar surface area (TPSA) is 52.6 Å². The summed E-state index contributed by atoms with van der Waals surface area (Å²) >= 11 is 0. The number of carbonyl (C=O) groups is 2. The summed E-state index contributed by atoms with van der Waals surface area (Å²) in [6.45, 7) is 0. The molecule has 1 aliphatic carbocycles. The molecule has 0 heterocycles. The Labute approximate surface area is 136 Å². The number of carbonyl (C=O) groups excluding carboxylic acids is 2. The van der Waals surface area contributed by atoms with Gasteiger partial charge in [0.25, 0.3) is 0 Å². The standard InChI is InChI=1S/C19H22O4/c1-22-18(20)17(19(21)23-2)16-13-7-12-15(16)11-6-10-14-8-4-3-5-9-14/h3-6,8-10,15H,7,11-13H2,1-2H3/b10-6+. The van der Waals surface area contributed by atoms with Gasteiger partial charge < -0.3 is 9.47 Å². The van der Waals surface area contributed by atoms with Crippen molar-refractivity contribution in [3.63, 3.8) is 0 Å². The van der Waals surface area contributed by atoms with E-state index in [1.54, 1.807) is 0 Å². The molecule has 0 spiro atoms. The Morgan fingerprint density at radius 2 is 1.78 bits per heavy atom. The third-order valence-corrected chi connectivity index (χ3v) is 4.12. The maximum Gasteiger partial charge on any atom is 0.345 e. The summed E-state index contributed by atoms with van der Waals surface area (Å²) in [5.74, 6) is -1.03. The van der Waals surface area contributed by atoms with E-state index in [-0.39, 0.29) is 11.5 Å². The van der Waals surface area contributed by atoms with Crippen molar-refractivity contribution < 1.29 is 19.1 Å². The van der Waals surface area contributed by atoms with Crippen molar-refractivity contribution in [2.24, 2.45) is 5.92 Å². The molecule has 1 saturated carbocycles. The normalized spacial score (nSPS) is 17.3. The fraction of sp³-hybridized carbons (Fsp3) is 0.368. The van der Waals surface area contributed by atoms with Gasteiger partial charge in [-0.1, -0.05) is 42.5 Å². The van der Waals surface area contributed by atoms with E-state index in [1.807, 2.05) is 30.3 Å². The molecule has 0 aromatic heterocycles. The number of ether oxygens (including phenoxy) is 2. The molecular formula is C19H22O4. The van der Waals surface area contributed by atoms with Crippen LogP contribution in [0, 0.1) is 5.92 Å². The molecule has 1 aromatic rings. The van der Waals surface area contributed by atoms with Gasteiger partial charge >= 0.3 is 11.9 Å². The van der Waals surface area contributed by atoms with Gasteiger partial charge in [0, 0.05) is 0 Å². The van der Waals surface area contributed by atoms with Crippen LogP contribution in [-0.2, 0) is 19.1 Å². The van der Waals surface area contributed by atoms with Crippen LogP contribution in [0.25, 0.3) is 6.08 Å². The summed E-state index contributed by atoms with van der Waals surface area (Å²) in [4.78, 5) is 23.9. The summed E-state index contributed by atoms with van der Waals surface area (Å²) < 4.78 is 9.51. The van der Waals surface area contributed by atoms with Crippen LogP contribution in [0.5, 0.6) is 0 Å². The van der Waals surface area contributed by atoms with Gasteiger partial charge in [0.1, 0.15) is 5.57 Å². The smallest absolute Gasteiger partial charge is 0.345 e. The first-order valence-electron chi connectivity index (χ1n) is 7.78. The van der Waals surface area contributed by atoms with E-state index < -0.39 is 11.9 Å². The SMILES string of the molecule is COC(=O)C(C(=O)OC)=C1CCCC1C/C=C/c1ccccc1. The molecule has 2 rings (SSSR count). The fourth-order valence-corrected chi connectivity index (χ4v) is 2.99. The van der Waals surface area contributed by atoms with E-state index in [4.69, 9.17) is 9.47 Å². The lowest BCUT2D eigenvalue weighted by molar-refractivity contribution is -0.144. The summed E-state index contributed by atoms with van der Waals surface area (Å²) in [5, 5.41) is 0. The summed E-state index contributed by atoms with van der Waals surface area (Å²) in [6, 6.07) is 10.0. The van der Waals surface area contributed by atoms with Gasteiger partial charge in [-0.15, -0.1) is 0 Å². The fourth-order valence-electron chi connectivity index (χ4n) is 2.99. The molecule has 1 aromatic carbocycles. The highest BCUT2D eigenvalue weighted by molar-refractivity contribution is 6.14. The van der Waals surface area contributed by atoms with E-state index in [2.05, 4.69) is 12.2 Å². The lowest BCUT2D eigenvalue weighted by Gasteiger charge is -2.13.